The summed E-state index contributed by atoms with van der Waals surface area (Å²) in [4.78, 5) is 13.1. The van der Waals surface area contributed by atoms with Gasteiger partial charge in [0.1, 0.15) is 5.60 Å². The quantitative estimate of drug-likeness (QED) is 0.791. The number of carbonyl (C=O) groups excluding carboxylic acids is 1. The van der Waals surface area contributed by atoms with Crippen molar-refractivity contribution in [3.05, 3.63) is 0 Å². The van der Waals surface area contributed by atoms with E-state index in [-0.39, 0.29) is 19.5 Å². The van der Waals surface area contributed by atoms with E-state index in [4.69, 9.17) is 9.84 Å². The number of likely N-dealkylation sites (tertiary alicyclic amines) is 1. The second kappa shape index (κ2) is 5.38. The van der Waals surface area contributed by atoms with Gasteiger partial charge in [-0.1, -0.05) is 0 Å². The number of hydrogen-bond acceptors (Lipinski definition) is 3. The molecule has 1 rings (SSSR count). The maximum absolute atomic E-state index is 13.6. The molecule has 0 aromatic heterocycles. The summed E-state index contributed by atoms with van der Waals surface area (Å²) in [5.41, 5.74) is -0.637. The fourth-order valence-electron chi connectivity index (χ4n) is 1.86. The number of aliphatic hydroxyl groups is 1. The molecular weight excluding hydrogens is 244 g/mol. The highest BCUT2D eigenvalue weighted by molar-refractivity contribution is 5.68. The van der Waals surface area contributed by atoms with Gasteiger partial charge in [-0.3, -0.25) is 0 Å². The largest absolute Gasteiger partial charge is 0.444 e. The molecule has 0 aliphatic carbocycles. The van der Waals surface area contributed by atoms with Crippen LogP contribution < -0.4 is 0 Å². The van der Waals surface area contributed by atoms with Crippen molar-refractivity contribution in [3.63, 3.8) is 0 Å². The van der Waals surface area contributed by atoms with Crippen molar-refractivity contribution in [2.75, 3.05) is 19.7 Å². The third-order valence-corrected chi connectivity index (χ3v) is 2.93. The molecule has 4 nitrogen and oxygen atoms in total. The van der Waals surface area contributed by atoms with Gasteiger partial charge in [-0.25, -0.2) is 13.6 Å². The zero-order valence-electron chi connectivity index (χ0n) is 11.1. The molecule has 1 saturated heterocycles. The van der Waals surface area contributed by atoms with Crippen molar-refractivity contribution in [1.29, 1.82) is 0 Å². The smallest absolute Gasteiger partial charge is 0.410 e. The van der Waals surface area contributed by atoms with Gasteiger partial charge in [0, 0.05) is 25.4 Å². The number of halogens is 2. The third-order valence-electron chi connectivity index (χ3n) is 2.93. The number of aliphatic hydroxyl groups excluding tert-OH is 1. The zero-order valence-corrected chi connectivity index (χ0v) is 11.1. The van der Waals surface area contributed by atoms with Crippen molar-refractivity contribution in [2.24, 2.45) is 5.92 Å². The Labute approximate surface area is 106 Å². The van der Waals surface area contributed by atoms with Gasteiger partial charge in [0.2, 0.25) is 0 Å². The highest BCUT2D eigenvalue weighted by Crippen LogP contribution is 2.33. The first-order chi connectivity index (χ1) is 8.15. The van der Waals surface area contributed by atoms with Crippen LogP contribution >= 0.6 is 0 Å². The molecule has 0 aromatic carbocycles. The minimum absolute atomic E-state index is 0.0432. The molecule has 1 atom stereocenters. The molecule has 1 unspecified atom stereocenters. The molecule has 1 N–H and O–H groups in total. The highest BCUT2D eigenvalue weighted by Gasteiger charge is 2.42. The summed E-state index contributed by atoms with van der Waals surface area (Å²) in [5, 5.41) is 8.95. The maximum Gasteiger partial charge on any atom is 0.410 e. The van der Waals surface area contributed by atoms with Crippen LogP contribution in [0.5, 0.6) is 0 Å². The lowest BCUT2D eigenvalue weighted by Gasteiger charge is -2.26. The summed E-state index contributed by atoms with van der Waals surface area (Å²) >= 11 is 0. The fourth-order valence-corrected chi connectivity index (χ4v) is 1.86. The van der Waals surface area contributed by atoms with E-state index in [9.17, 15) is 13.6 Å². The monoisotopic (exact) mass is 265 g/mol. The highest BCUT2D eigenvalue weighted by atomic mass is 19.3. The van der Waals surface area contributed by atoms with Gasteiger partial charge in [0.05, 0.1) is 6.61 Å². The number of hydrogen-bond donors (Lipinski definition) is 1. The Kier molecular flexibility index (Phi) is 4.53. The Bertz CT molecular complexity index is 302. The number of ether oxygens (including phenoxy) is 1. The molecule has 1 aliphatic heterocycles. The average molecular weight is 265 g/mol. The molecular formula is C12H21F2NO3. The van der Waals surface area contributed by atoms with Gasteiger partial charge in [0.25, 0.3) is 5.92 Å². The van der Waals surface area contributed by atoms with Gasteiger partial charge >= 0.3 is 6.09 Å². The summed E-state index contributed by atoms with van der Waals surface area (Å²) in [7, 11) is 0. The van der Waals surface area contributed by atoms with E-state index in [2.05, 4.69) is 0 Å². The van der Waals surface area contributed by atoms with Crippen LogP contribution in [0.1, 0.15) is 33.6 Å². The van der Waals surface area contributed by atoms with E-state index in [1.165, 1.54) is 4.90 Å². The van der Waals surface area contributed by atoms with Crippen LogP contribution in [0.4, 0.5) is 13.6 Å². The Morgan fingerprint density at radius 3 is 2.56 bits per heavy atom. The molecule has 18 heavy (non-hydrogen) atoms. The molecule has 1 amide bonds. The zero-order chi connectivity index (χ0) is 14.0. The first-order valence-electron chi connectivity index (χ1n) is 6.12. The maximum atomic E-state index is 13.6. The van der Waals surface area contributed by atoms with Crippen molar-refractivity contribution >= 4 is 6.09 Å². The molecule has 106 valence electrons. The van der Waals surface area contributed by atoms with Gasteiger partial charge in [-0.05, 0) is 27.2 Å². The molecule has 0 radical (unpaired) electrons. The van der Waals surface area contributed by atoms with Crippen molar-refractivity contribution in [3.8, 4) is 0 Å². The molecule has 0 bridgehead atoms. The SMILES string of the molecule is CC(C)(C)OC(=O)N1CCC(CO)C(F)(F)CC1. The molecule has 1 fully saturated rings. The topological polar surface area (TPSA) is 49.8 Å². The summed E-state index contributed by atoms with van der Waals surface area (Å²) in [5.74, 6) is -4.00. The van der Waals surface area contributed by atoms with Crippen LogP contribution in [-0.2, 0) is 4.74 Å². The molecule has 1 aliphatic rings. The van der Waals surface area contributed by atoms with Crippen LogP contribution in [0.25, 0.3) is 0 Å². The van der Waals surface area contributed by atoms with Crippen molar-refractivity contribution < 1.29 is 23.4 Å². The Morgan fingerprint density at radius 2 is 2.06 bits per heavy atom. The molecule has 1 heterocycles. The summed E-state index contributed by atoms with van der Waals surface area (Å²) < 4.78 is 32.3. The predicted molar refractivity (Wildman–Crippen MR) is 62.6 cm³/mol. The Hall–Kier alpha value is -0.910. The Morgan fingerprint density at radius 1 is 1.44 bits per heavy atom. The van der Waals surface area contributed by atoms with E-state index in [0.717, 1.165) is 0 Å². The van der Waals surface area contributed by atoms with Crippen LogP contribution in [0.15, 0.2) is 0 Å². The van der Waals surface area contributed by atoms with Crippen molar-refractivity contribution in [2.45, 2.75) is 45.1 Å². The number of nitrogens with zero attached hydrogens (tertiary/aromatic N) is 1. The van der Waals surface area contributed by atoms with Gasteiger partial charge < -0.3 is 14.7 Å². The van der Waals surface area contributed by atoms with E-state index in [1.807, 2.05) is 0 Å². The first kappa shape index (κ1) is 15.1. The normalized spacial score (nSPS) is 24.6. The van der Waals surface area contributed by atoms with Gasteiger partial charge in [-0.2, -0.15) is 0 Å². The molecule has 0 aromatic rings. The van der Waals surface area contributed by atoms with E-state index < -0.39 is 36.6 Å². The number of rotatable bonds is 1. The van der Waals surface area contributed by atoms with Crippen LogP contribution in [-0.4, -0.2) is 47.3 Å². The minimum atomic E-state index is -2.93. The van der Waals surface area contributed by atoms with Crippen LogP contribution in [0, 0.1) is 5.92 Å². The van der Waals surface area contributed by atoms with Crippen LogP contribution in [0.3, 0.4) is 0 Å². The molecule has 6 heteroatoms. The summed E-state index contributed by atoms with van der Waals surface area (Å²) in [6.45, 7) is 4.78. The molecule has 0 spiro atoms. The fraction of sp³-hybridized carbons (Fsp3) is 0.917. The Balaban J connectivity index is 2.64. The standard InChI is InChI=1S/C12H21F2NO3/c1-11(2,3)18-10(17)15-6-4-9(8-16)12(13,14)5-7-15/h9,16H,4-8H2,1-3H3. The minimum Gasteiger partial charge on any atom is -0.444 e. The second-order valence-corrected chi connectivity index (χ2v) is 5.65. The van der Waals surface area contributed by atoms with E-state index in [0.29, 0.717) is 0 Å². The summed E-state index contributed by atoms with van der Waals surface area (Å²) in [6, 6.07) is 0. The third kappa shape index (κ3) is 4.08. The number of amides is 1. The van der Waals surface area contributed by atoms with Gasteiger partial charge in [-0.15, -0.1) is 0 Å². The lowest BCUT2D eigenvalue weighted by molar-refractivity contribution is -0.0778. The second-order valence-electron chi connectivity index (χ2n) is 5.65. The summed E-state index contributed by atoms with van der Waals surface area (Å²) in [6.07, 6.45) is -0.919. The lowest BCUT2D eigenvalue weighted by Crippen LogP contribution is -2.37. The predicted octanol–water partition coefficient (Wildman–Crippen LogP) is 2.26. The average Bonchev–Trinajstić information content (AvgIpc) is 2.33. The number of alkyl halides is 2. The van der Waals surface area contributed by atoms with Crippen LogP contribution in [0.2, 0.25) is 0 Å². The lowest BCUT2D eigenvalue weighted by atomic mass is 9.97. The number of carbonyl (C=O) groups is 1. The first-order valence-corrected chi connectivity index (χ1v) is 6.12. The van der Waals surface area contributed by atoms with E-state index >= 15 is 0 Å². The van der Waals surface area contributed by atoms with Crippen molar-refractivity contribution in [1.82, 2.24) is 4.90 Å². The molecule has 0 saturated carbocycles. The van der Waals surface area contributed by atoms with Gasteiger partial charge in [0.15, 0.2) is 0 Å². The van der Waals surface area contributed by atoms with E-state index in [1.54, 1.807) is 20.8 Å².